The normalized spacial score (nSPS) is 39.2. The van der Waals surface area contributed by atoms with Crippen molar-refractivity contribution >= 4 is 0 Å². The molecule has 1 N–H and O–H groups in total. The summed E-state index contributed by atoms with van der Waals surface area (Å²) in [5.41, 5.74) is 0. The molecule has 0 spiro atoms. The van der Waals surface area contributed by atoms with Gasteiger partial charge in [0, 0.05) is 0 Å². The minimum Gasteiger partial charge on any atom is -0.316 e. The third-order valence-corrected chi connectivity index (χ3v) is 5.05. The van der Waals surface area contributed by atoms with Crippen molar-refractivity contribution in [3.05, 3.63) is 0 Å². The molecule has 2 rings (SSSR count). The van der Waals surface area contributed by atoms with Crippen molar-refractivity contribution in [1.29, 1.82) is 0 Å². The van der Waals surface area contributed by atoms with Crippen LogP contribution in [0.25, 0.3) is 0 Å². The van der Waals surface area contributed by atoms with E-state index in [1.165, 1.54) is 64.5 Å². The first kappa shape index (κ1) is 13.4. The third-order valence-electron chi connectivity index (χ3n) is 5.05. The van der Waals surface area contributed by atoms with Crippen LogP contribution in [0.2, 0.25) is 0 Å². The van der Waals surface area contributed by atoms with Crippen LogP contribution >= 0.6 is 0 Å². The fourth-order valence-corrected chi connectivity index (χ4v) is 3.77. The Bertz CT molecular complexity index is 206. The van der Waals surface area contributed by atoms with E-state index in [4.69, 9.17) is 0 Å². The van der Waals surface area contributed by atoms with E-state index in [1.54, 1.807) is 0 Å². The van der Waals surface area contributed by atoms with Gasteiger partial charge in [-0.1, -0.05) is 39.5 Å². The van der Waals surface area contributed by atoms with Crippen LogP contribution in [-0.2, 0) is 0 Å². The molecule has 0 saturated heterocycles. The van der Waals surface area contributed by atoms with Crippen molar-refractivity contribution < 1.29 is 0 Å². The van der Waals surface area contributed by atoms with Crippen LogP contribution in [0.15, 0.2) is 0 Å². The van der Waals surface area contributed by atoms with Crippen molar-refractivity contribution in [3.63, 3.8) is 0 Å². The van der Waals surface area contributed by atoms with Crippen LogP contribution in [0.1, 0.15) is 65.2 Å². The lowest BCUT2D eigenvalue weighted by atomic mass is 9.81. The van der Waals surface area contributed by atoms with E-state index < -0.39 is 0 Å². The molecule has 2 aliphatic carbocycles. The molecule has 1 heteroatoms. The number of rotatable bonds is 4. The van der Waals surface area contributed by atoms with E-state index in [0.29, 0.717) is 0 Å². The Labute approximate surface area is 108 Å². The lowest BCUT2D eigenvalue weighted by Gasteiger charge is -2.29. The fraction of sp³-hybridized carbons (Fsp3) is 1.00. The second-order valence-corrected chi connectivity index (χ2v) is 6.92. The van der Waals surface area contributed by atoms with Gasteiger partial charge in [0.15, 0.2) is 0 Å². The molecule has 0 amide bonds. The summed E-state index contributed by atoms with van der Waals surface area (Å²) in [6.45, 7) is 7.41. The van der Waals surface area contributed by atoms with Crippen LogP contribution in [-0.4, -0.2) is 13.1 Å². The van der Waals surface area contributed by atoms with E-state index >= 15 is 0 Å². The summed E-state index contributed by atoms with van der Waals surface area (Å²) in [4.78, 5) is 0. The molecular formula is C16H31N. The standard InChI is InChI=1S/C16H31N/c1-13-6-8-15(9-7-13)11-17-12-16-5-3-4-14(2)10-16/h13-17H,3-12H2,1-2H3. The Balaban J connectivity index is 1.56. The Morgan fingerprint density at radius 2 is 1.47 bits per heavy atom. The lowest BCUT2D eigenvalue weighted by Crippen LogP contribution is -2.31. The molecule has 2 fully saturated rings. The zero-order chi connectivity index (χ0) is 12.1. The van der Waals surface area contributed by atoms with Crippen LogP contribution in [0, 0.1) is 23.7 Å². The van der Waals surface area contributed by atoms with Crippen LogP contribution in [0.4, 0.5) is 0 Å². The van der Waals surface area contributed by atoms with Crippen molar-refractivity contribution in [2.24, 2.45) is 23.7 Å². The molecule has 2 aliphatic rings. The molecule has 0 radical (unpaired) electrons. The second-order valence-electron chi connectivity index (χ2n) is 6.92. The van der Waals surface area contributed by atoms with E-state index in [9.17, 15) is 0 Å². The molecule has 1 nitrogen and oxygen atoms in total. The first-order valence-electron chi connectivity index (χ1n) is 7.94. The third kappa shape index (κ3) is 4.62. The molecule has 2 saturated carbocycles. The van der Waals surface area contributed by atoms with Gasteiger partial charge in [0.05, 0.1) is 0 Å². The highest BCUT2D eigenvalue weighted by Crippen LogP contribution is 2.29. The maximum Gasteiger partial charge on any atom is -0.00203 e. The number of hydrogen-bond acceptors (Lipinski definition) is 1. The summed E-state index contributed by atoms with van der Waals surface area (Å²) in [5, 5.41) is 3.76. The van der Waals surface area contributed by atoms with Gasteiger partial charge < -0.3 is 5.32 Å². The molecule has 0 aromatic heterocycles. The summed E-state index contributed by atoms with van der Waals surface area (Å²) in [7, 11) is 0. The SMILES string of the molecule is CC1CCC(CNCC2CCCC(C)C2)CC1. The summed E-state index contributed by atoms with van der Waals surface area (Å²) < 4.78 is 0. The van der Waals surface area contributed by atoms with Gasteiger partial charge in [-0.2, -0.15) is 0 Å². The molecule has 0 bridgehead atoms. The lowest BCUT2D eigenvalue weighted by molar-refractivity contribution is 0.250. The van der Waals surface area contributed by atoms with Gasteiger partial charge in [0.2, 0.25) is 0 Å². The van der Waals surface area contributed by atoms with Crippen LogP contribution in [0.5, 0.6) is 0 Å². The highest BCUT2D eigenvalue weighted by molar-refractivity contribution is 4.75. The summed E-state index contributed by atoms with van der Waals surface area (Å²) in [6.07, 6.45) is 11.7. The zero-order valence-corrected chi connectivity index (χ0v) is 11.9. The fourth-order valence-electron chi connectivity index (χ4n) is 3.77. The van der Waals surface area contributed by atoms with Crippen molar-refractivity contribution in [3.8, 4) is 0 Å². The molecule has 0 aromatic rings. The van der Waals surface area contributed by atoms with E-state index in [2.05, 4.69) is 19.2 Å². The first-order valence-corrected chi connectivity index (χ1v) is 7.94. The predicted octanol–water partition coefficient (Wildman–Crippen LogP) is 4.23. The Morgan fingerprint density at radius 1 is 0.765 bits per heavy atom. The Kier molecular flexibility index (Phi) is 5.34. The maximum absolute atomic E-state index is 3.76. The van der Waals surface area contributed by atoms with Gasteiger partial charge in [-0.25, -0.2) is 0 Å². The summed E-state index contributed by atoms with van der Waals surface area (Å²) >= 11 is 0. The molecule has 100 valence electrons. The summed E-state index contributed by atoms with van der Waals surface area (Å²) in [6, 6.07) is 0. The molecule has 2 unspecified atom stereocenters. The smallest absolute Gasteiger partial charge is 0.00203 e. The number of nitrogens with one attached hydrogen (secondary N) is 1. The first-order chi connectivity index (χ1) is 8.24. The highest BCUT2D eigenvalue weighted by atomic mass is 14.9. The van der Waals surface area contributed by atoms with Crippen molar-refractivity contribution in [2.75, 3.05) is 13.1 Å². The molecule has 17 heavy (non-hydrogen) atoms. The van der Waals surface area contributed by atoms with Crippen LogP contribution in [0.3, 0.4) is 0 Å². The van der Waals surface area contributed by atoms with E-state index in [1.807, 2.05) is 0 Å². The van der Waals surface area contributed by atoms with Gasteiger partial charge >= 0.3 is 0 Å². The van der Waals surface area contributed by atoms with Crippen molar-refractivity contribution in [2.45, 2.75) is 65.2 Å². The van der Waals surface area contributed by atoms with Crippen LogP contribution < -0.4 is 5.32 Å². The molecular weight excluding hydrogens is 206 g/mol. The minimum atomic E-state index is 0.973. The highest BCUT2D eigenvalue weighted by Gasteiger charge is 2.20. The van der Waals surface area contributed by atoms with Gasteiger partial charge in [-0.15, -0.1) is 0 Å². The van der Waals surface area contributed by atoms with Crippen molar-refractivity contribution in [1.82, 2.24) is 5.32 Å². The quantitative estimate of drug-likeness (QED) is 0.771. The molecule has 0 aliphatic heterocycles. The van der Waals surface area contributed by atoms with Gasteiger partial charge in [0.25, 0.3) is 0 Å². The van der Waals surface area contributed by atoms with E-state index in [0.717, 1.165) is 23.7 Å². The summed E-state index contributed by atoms with van der Waals surface area (Å²) in [5.74, 6) is 3.92. The Morgan fingerprint density at radius 3 is 2.18 bits per heavy atom. The maximum atomic E-state index is 3.76. The largest absolute Gasteiger partial charge is 0.316 e. The molecule has 0 aromatic carbocycles. The average molecular weight is 237 g/mol. The monoisotopic (exact) mass is 237 g/mol. The topological polar surface area (TPSA) is 12.0 Å². The molecule has 2 atom stereocenters. The molecule has 0 heterocycles. The number of hydrogen-bond donors (Lipinski definition) is 1. The predicted molar refractivity (Wildman–Crippen MR) is 75.1 cm³/mol. The Hall–Kier alpha value is -0.0400. The minimum absolute atomic E-state index is 0.973. The van der Waals surface area contributed by atoms with Gasteiger partial charge in [-0.05, 0) is 62.4 Å². The van der Waals surface area contributed by atoms with Gasteiger partial charge in [-0.3, -0.25) is 0 Å². The zero-order valence-electron chi connectivity index (χ0n) is 11.9. The van der Waals surface area contributed by atoms with E-state index in [-0.39, 0.29) is 0 Å². The second kappa shape index (κ2) is 6.78. The average Bonchev–Trinajstić information content (AvgIpc) is 2.32. The van der Waals surface area contributed by atoms with Gasteiger partial charge in [0.1, 0.15) is 0 Å².